The zero-order valence-electron chi connectivity index (χ0n) is 11.7. The number of carbonyl (C=O) groups is 1. The van der Waals surface area contributed by atoms with Gasteiger partial charge in [-0.1, -0.05) is 30.3 Å². The van der Waals surface area contributed by atoms with Gasteiger partial charge in [-0.05, 0) is 11.6 Å². The molecule has 0 aromatic heterocycles. The predicted octanol–water partition coefficient (Wildman–Crippen LogP) is 2.37. The van der Waals surface area contributed by atoms with Gasteiger partial charge in [-0.25, -0.2) is 8.42 Å². The second-order valence-electron chi connectivity index (χ2n) is 4.86. The van der Waals surface area contributed by atoms with E-state index < -0.39 is 20.5 Å². The predicted molar refractivity (Wildman–Crippen MR) is 81.5 cm³/mol. The van der Waals surface area contributed by atoms with E-state index in [2.05, 4.69) is 0 Å². The van der Waals surface area contributed by atoms with Crippen LogP contribution in [0.15, 0.2) is 48.5 Å². The molecule has 0 atom stereocenters. The van der Waals surface area contributed by atoms with Crippen LogP contribution in [0.5, 0.6) is 0 Å². The Morgan fingerprint density at radius 3 is 2.32 bits per heavy atom. The molecule has 114 valence electrons. The highest BCUT2D eigenvalue weighted by molar-refractivity contribution is 7.89. The van der Waals surface area contributed by atoms with Gasteiger partial charge in [0.15, 0.2) is 15.6 Å². The Morgan fingerprint density at radius 2 is 1.77 bits per heavy atom. The SMILES string of the molecule is CS(=O)(=O)Cc1cc([N+](=O)[O-])ccc1C(=O)c1ccccc1. The summed E-state index contributed by atoms with van der Waals surface area (Å²) in [4.78, 5) is 22.7. The Kier molecular flexibility index (Phi) is 4.37. The molecule has 0 aliphatic rings. The van der Waals surface area contributed by atoms with Gasteiger partial charge in [0.2, 0.25) is 0 Å². The summed E-state index contributed by atoms with van der Waals surface area (Å²) in [5, 5.41) is 10.8. The minimum atomic E-state index is -3.43. The van der Waals surface area contributed by atoms with E-state index in [0.29, 0.717) is 5.56 Å². The average molecular weight is 319 g/mol. The average Bonchev–Trinajstić information content (AvgIpc) is 2.45. The van der Waals surface area contributed by atoms with Crippen LogP contribution in [0.2, 0.25) is 0 Å². The lowest BCUT2D eigenvalue weighted by Gasteiger charge is -2.08. The summed E-state index contributed by atoms with van der Waals surface area (Å²) in [5.74, 6) is -0.795. The van der Waals surface area contributed by atoms with Crippen molar-refractivity contribution in [3.8, 4) is 0 Å². The van der Waals surface area contributed by atoms with Gasteiger partial charge in [0.25, 0.3) is 5.69 Å². The molecule has 0 bridgehead atoms. The van der Waals surface area contributed by atoms with Crippen LogP contribution in [0.25, 0.3) is 0 Å². The van der Waals surface area contributed by atoms with Gasteiger partial charge in [0, 0.05) is 29.5 Å². The minimum absolute atomic E-state index is 0.130. The van der Waals surface area contributed by atoms with Crippen molar-refractivity contribution in [2.45, 2.75) is 5.75 Å². The lowest BCUT2D eigenvalue weighted by molar-refractivity contribution is -0.384. The second-order valence-corrected chi connectivity index (χ2v) is 7.00. The Morgan fingerprint density at radius 1 is 1.14 bits per heavy atom. The molecule has 0 saturated carbocycles. The molecule has 0 fully saturated rings. The summed E-state index contributed by atoms with van der Waals surface area (Å²) in [5.41, 5.74) is 0.433. The molecule has 0 aliphatic heterocycles. The molecule has 0 aliphatic carbocycles. The molecule has 0 spiro atoms. The molecule has 0 saturated heterocycles. The van der Waals surface area contributed by atoms with Crippen LogP contribution < -0.4 is 0 Å². The van der Waals surface area contributed by atoms with Crippen LogP contribution in [0.1, 0.15) is 21.5 Å². The summed E-state index contributed by atoms with van der Waals surface area (Å²) in [6, 6.07) is 12.0. The number of carbonyl (C=O) groups excluding carboxylic acids is 1. The fourth-order valence-corrected chi connectivity index (χ4v) is 2.87. The van der Waals surface area contributed by atoms with Crippen LogP contribution >= 0.6 is 0 Å². The van der Waals surface area contributed by atoms with Crippen molar-refractivity contribution < 1.29 is 18.1 Å². The lowest BCUT2D eigenvalue weighted by Crippen LogP contribution is -2.10. The molecule has 6 nitrogen and oxygen atoms in total. The van der Waals surface area contributed by atoms with Gasteiger partial charge in [0.1, 0.15) is 0 Å². The number of nitro groups is 1. The summed E-state index contributed by atoms with van der Waals surface area (Å²) in [6.45, 7) is 0. The van der Waals surface area contributed by atoms with Crippen molar-refractivity contribution in [2.75, 3.05) is 6.26 Å². The first-order valence-electron chi connectivity index (χ1n) is 6.33. The maximum Gasteiger partial charge on any atom is 0.269 e. The lowest BCUT2D eigenvalue weighted by atomic mass is 9.98. The molecular weight excluding hydrogens is 306 g/mol. The van der Waals surface area contributed by atoms with E-state index in [1.807, 2.05) is 0 Å². The van der Waals surface area contributed by atoms with Crippen LogP contribution in [0, 0.1) is 10.1 Å². The van der Waals surface area contributed by atoms with Crippen molar-refractivity contribution in [3.63, 3.8) is 0 Å². The van der Waals surface area contributed by atoms with Gasteiger partial charge in [0.05, 0.1) is 10.7 Å². The molecule has 2 aromatic carbocycles. The number of hydrogen-bond donors (Lipinski definition) is 0. The maximum atomic E-state index is 12.5. The Balaban J connectivity index is 2.55. The molecule has 22 heavy (non-hydrogen) atoms. The highest BCUT2D eigenvalue weighted by Gasteiger charge is 2.19. The van der Waals surface area contributed by atoms with Crippen LogP contribution in [0.4, 0.5) is 5.69 Å². The molecule has 0 amide bonds. The number of non-ortho nitro benzene ring substituents is 1. The summed E-state index contributed by atoms with van der Waals surface area (Å²) >= 11 is 0. The second kappa shape index (κ2) is 6.07. The minimum Gasteiger partial charge on any atom is -0.289 e. The first-order valence-corrected chi connectivity index (χ1v) is 8.39. The standard InChI is InChI=1S/C15H13NO5S/c1-22(20,21)10-12-9-13(16(18)19)7-8-14(12)15(17)11-5-3-2-4-6-11/h2-9H,10H2,1H3. The van der Waals surface area contributed by atoms with E-state index in [1.54, 1.807) is 30.3 Å². The van der Waals surface area contributed by atoms with Crippen LogP contribution in [-0.4, -0.2) is 25.4 Å². The summed E-state index contributed by atoms with van der Waals surface area (Å²) < 4.78 is 23.0. The normalized spacial score (nSPS) is 11.1. The number of sulfone groups is 1. The molecule has 2 aromatic rings. The van der Waals surface area contributed by atoms with Gasteiger partial charge in [-0.2, -0.15) is 0 Å². The van der Waals surface area contributed by atoms with E-state index in [4.69, 9.17) is 0 Å². The fraction of sp³-hybridized carbons (Fsp3) is 0.133. The van der Waals surface area contributed by atoms with E-state index in [-0.39, 0.29) is 22.6 Å². The smallest absolute Gasteiger partial charge is 0.269 e. The number of hydrogen-bond acceptors (Lipinski definition) is 5. The fourth-order valence-electron chi connectivity index (χ4n) is 2.06. The van der Waals surface area contributed by atoms with Crippen LogP contribution in [-0.2, 0) is 15.6 Å². The van der Waals surface area contributed by atoms with Crippen molar-refractivity contribution in [1.29, 1.82) is 0 Å². The first kappa shape index (κ1) is 15.8. The van der Waals surface area contributed by atoms with Crippen LogP contribution in [0.3, 0.4) is 0 Å². The third kappa shape index (κ3) is 3.76. The monoisotopic (exact) mass is 319 g/mol. The Hall–Kier alpha value is -2.54. The number of rotatable bonds is 5. The number of benzene rings is 2. The van der Waals surface area contributed by atoms with Gasteiger partial charge in [-0.15, -0.1) is 0 Å². The quantitative estimate of drug-likeness (QED) is 0.479. The van der Waals surface area contributed by atoms with Gasteiger partial charge >= 0.3 is 0 Å². The molecule has 7 heteroatoms. The molecule has 0 N–H and O–H groups in total. The van der Waals surface area contributed by atoms with Crippen molar-refractivity contribution in [2.24, 2.45) is 0 Å². The maximum absolute atomic E-state index is 12.5. The highest BCUT2D eigenvalue weighted by Crippen LogP contribution is 2.22. The van der Waals surface area contributed by atoms with E-state index in [0.717, 1.165) is 12.3 Å². The third-order valence-corrected chi connectivity index (χ3v) is 3.83. The van der Waals surface area contributed by atoms with E-state index >= 15 is 0 Å². The molecule has 0 unspecified atom stereocenters. The number of nitro benzene ring substituents is 1. The molecule has 0 radical (unpaired) electrons. The summed E-state index contributed by atoms with van der Waals surface area (Å²) in [7, 11) is -3.43. The van der Waals surface area contributed by atoms with Gasteiger partial charge < -0.3 is 0 Å². The molecule has 2 rings (SSSR count). The largest absolute Gasteiger partial charge is 0.289 e. The van der Waals surface area contributed by atoms with Crippen molar-refractivity contribution in [3.05, 3.63) is 75.3 Å². The zero-order valence-corrected chi connectivity index (χ0v) is 12.5. The first-order chi connectivity index (χ1) is 10.3. The molecule has 0 heterocycles. The topological polar surface area (TPSA) is 94.3 Å². The highest BCUT2D eigenvalue weighted by atomic mass is 32.2. The summed E-state index contributed by atoms with van der Waals surface area (Å²) in [6.07, 6.45) is 1.02. The Bertz CT molecular complexity index is 828. The Labute approximate surface area is 127 Å². The number of ketones is 1. The van der Waals surface area contributed by atoms with E-state index in [9.17, 15) is 23.3 Å². The van der Waals surface area contributed by atoms with Crippen molar-refractivity contribution in [1.82, 2.24) is 0 Å². The zero-order chi connectivity index (χ0) is 16.3. The van der Waals surface area contributed by atoms with Crippen molar-refractivity contribution >= 4 is 21.3 Å². The van der Waals surface area contributed by atoms with Gasteiger partial charge in [-0.3, -0.25) is 14.9 Å². The molecular formula is C15H13NO5S. The third-order valence-electron chi connectivity index (χ3n) is 3.00. The number of nitrogens with zero attached hydrogens (tertiary/aromatic N) is 1. The van der Waals surface area contributed by atoms with E-state index in [1.165, 1.54) is 12.1 Å².